The molecular formula is C26H29NO4. The summed E-state index contributed by atoms with van der Waals surface area (Å²) in [5, 5.41) is 1.02. The fourth-order valence-corrected chi connectivity index (χ4v) is 3.42. The number of aromatic nitrogens is 1. The third-order valence-electron chi connectivity index (χ3n) is 5.19. The van der Waals surface area contributed by atoms with Crippen LogP contribution >= 0.6 is 0 Å². The van der Waals surface area contributed by atoms with Crippen LogP contribution in [0.2, 0.25) is 0 Å². The van der Waals surface area contributed by atoms with Crippen molar-refractivity contribution in [1.82, 2.24) is 4.57 Å². The number of fused-ring (bicyclic) bond motifs is 1. The summed E-state index contributed by atoms with van der Waals surface area (Å²) < 4.78 is 12.7. The highest BCUT2D eigenvalue weighted by Gasteiger charge is 2.10. The normalized spacial score (nSPS) is 10.8. The van der Waals surface area contributed by atoms with E-state index in [4.69, 9.17) is 9.47 Å². The van der Waals surface area contributed by atoms with Crippen molar-refractivity contribution < 1.29 is 14.3 Å². The highest BCUT2D eigenvalue weighted by atomic mass is 16.5. The second-order valence-electron chi connectivity index (χ2n) is 7.68. The van der Waals surface area contributed by atoms with Gasteiger partial charge >= 0.3 is 5.97 Å². The van der Waals surface area contributed by atoms with E-state index in [2.05, 4.69) is 6.58 Å². The van der Waals surface area contributed by atoms with Crippen LogP contribution in [0.15, 0.2) is 71.5 Å². The minimum absolute atomic E-state index is 0.0455. The van der Waals surface area contributed by atoms with Gasteiger partial charge < -0.3 is 14.0 Å². The van der Waals surface area contributed by atoms with E-state index in [1.807, 2.05) is 48.5 Å². The average Bonchev–Trinajstić information content (AvgIpc) is 2.78. The van der Waals surface area contributed by atoms with Crippen molar-refractivity contribution >= 4 is 16.9 Å². The van der Waals surface area contributed by atoms with Crippen LogP contribution in [0.3, 0.4) is 0 Å². The lowest BCUT2D eigenvalue weighted by Crippen LogP contribution is -2.16. The summed E-state index contributed by atoms with van der Waals surface area (Å²) in [5.41, 5.74) is 3.18. The maximum atomic E-state index is 12.5. The highest BCUT2D eigenvalue weighted by molar-refractivity contribution is 5.95. The smallest absolute Gasteiger partial charge is 0.333 e. The second kappa shape index (κ2) is 10.6. The van der Waals surface area contributed by atoms with E-state index >= 15 is 0 Å². The molecule has 0 aliphatic rings. The second-order valence-corrected chi connectivity index (χ2v) is 7.68. The van der Waals surface area contributed by atoms with E-state index in [9.17, 15) is 9.59 Å². The molecule has 3 aromatic rings. The molecule has 0 atom stereocenters. The SMILES string of the molecule is C=C(C)C(=O)OCCCCCCOc1ccc2c(-c3ccccc3)cc(=O)n(C)c2c1. The van der Waals surface area contributed by atoms with E-state index in [0.29, 0.717) is 18.8 Å². The van der Waals surface area contributed by atoms with Crippen molar-refractivity contribution in [2.75, 3.05) is 13.2 Å². The van der Waals surface area contributed by atoms with Gasteiger partial charge in [-0.3, -0.25) is 4.79 Å². The molecule has 5 nitrogen and oxygen atoms in total. The zero-order chi connectivity index (χ0) is 22.2. The summed E-state index contributed by atoms with van der Waals surface area (Å²) in [7, 11) is 1.78. The Balaban J connectivity index is 1.57. The van der Waals surface area contributed by atoms with Crippen LogP contribution in [0.5, 0.6) is 5.75 Å². The number of esters is 1. The van der Waals surface area contributed by atoms with Crippen LogP contribution in [0.1, 0.15) is 32.6 Å². The Hall–Kier alpha value is -3.34. The van der Waals surface area contributed by atoms with Crippen LogP contribution in [-0.4, -0.2) is 23.8 Å². The third kappa shape index (κ3) is 5.85. The first-order valence-corrected chi connectivity index (χ1v) is 10.6. The van der Waals surface area contributed by atoms with Crippen molar-refractivity contribution in [2.24, 2.45) is 7.05 Å². The predicted molar refractivity (Wildman–Crippen MR) is 124 cm³/mol. The molecule has 0 spiro atoms. The van der Waals surface area contributed by atoms with Crippen LogP contribution in [0.4, 0.5) is 0 Å². The van der Waals surface area contributed by atoms with Crippen molar-refractivity contribution in [2.45, 2.75) is 32.6 Å². The Labute approximate surface area is 182 Å². The monoisotopic (exact) mass is 419 g/mol. The molecular weight excluding hydrogens is 390 g/mol. The number of ether oxygens (including phenoxy) is 2. The summed E-state index contributed by atoms with van der Waals surface area (Å²) in [6, 6.07) is 17.5. The molecule has 0 saturated carbocycles. The van der Waals surface area contributed by atoms with Gasteiger partial charge in [0.25, 0.3) is 5.56 Å². The van der Waals surface area contributed by atoms with Gasteiger partial charge in [0, 0.05) is 30.1 Å². The lowest BCUT2D eigenvalue weighted by molar-refractivity contribution is -0.139. The fraction of sp³-hybridized carbons (Fsp3) is 0.308. The lowest BCUT2D eigenvalue weighted by Gasteiger charge is -2.13. The fourth-order valence-electron chi connectivity index (χ4n) is 3.42. The van der Waals surface area contributed by atoms with Crippen LogP contribution < -0.4 is 10.3 Å². The first-order chi connectivity index (χ1) is 15.0. The zero-order valence-electron chi connectivity index (χ0n) is 18.2. The van der Waals surface area contributed by atoms with E-state index in [0.717, 1.165) is 53.5 Å². The molecule has 3 rings (SSSR count). The Bertz CT molecular complexity index is 1120. The number of rotatable bonds is 10. The van der Waals surface area contributed by atoms with Gasteiger partial charge in [0.1, 0.15) is 5.75 Å². The topological polar surface area (TPSA) is 57.5 Å². The van der Waals surface area contributed by atoms with Crippen LogP contribution in [0.25, 0.3) is 22.0 Å². The summed E-state index contributed by atoms with van der Waals surface area (Å²) in [6.07, 6.45) is 3.71. The number of nitrogens with zero attached hydrogens (tertiary/aromatic N) is 1. The minimum atomic E-state index is -0.329. The Kier molecular flexibility index (Phi) is 7.65. The first-order valence-electron chi connectivity index (χ1n) is 10.6. The summed E-state index contributed by atoms with van der Waals surface area (Å²) in [6.45, 7) is 6.23. The lowest BCUT2D eigenvalue weighted by atomic mass is 10.0. The van der Waals surface area contributed by atoms with Crippen LogP contribution in [0, 0.1) is 0 Å². The number of benzene rings is 2. The van der Waals surface area contributed by atoms with Crippen molar-refractivity contribution in [3.05, 3.63) is 77.1 Å². The third-order valence-corrected chi connectivity index (χ3v) is 5.19. The molecule has 2 aromatic carbocycles. The number of hydrogen-bond acceptors (Lipinski definition) is 4. The quantitative estimate of drug-likeness (QED) is 0.255. The molecule has 0 aliphatic heterocycles. The van der Waals surface area contributed by atoms with Gasteiger partial charge in [0.2, 0.25) is 0 Å². The van der Waals surface area contributed by atoms with E-state index in [1.54, 1.807) is 24.6 Å². The van der Waals surface area contributed by atoms with Gasteiger partial charge in [-0.2, -0.15) is 0 Å². The van der Waals surface area contributed by atoms with Crippen molar-refractivity contribution in [3.8, 4) is 16.9 Å². The predicted octanol–water partition coefficient (Wildman–Crippen LogP) is 5.26. The molecule has 1 aromatic heterocycles. The molecule has 0 radical (unpaired) electrons. The zero-order valence-corrected chi connectivity index (χ0v) is 18.2. The molecule has 0 unspecified atom stereocenters. The number of aryl methyl sites for hydroxylation is 1. The summed E-state index contributed by atoms with van der Waals surface area (Å²) in [4.78, 5) is 23.8. The van der Waals surface area contributed by atoms with Gasteiger partial charge in [0.05, 0.1) is 18.7 Å². The summed E-state index contributed by atoms with van der Waals surface area (Å²) >= 11 is 0. The van der Waals surface area contributed by atoms with Gasteiger partial charge in [-0.05, 0) is 55.9 Å². The Morgan fingerprint density at radius 1 is 0.968 bits per heavy atom. The number of hydrogen-bond donors (Lipinski definition) is 0. The van der Waals surface area contributed by atoms with Gasteiger partial charge in [-0.15, -0.1) is 0 Å². The average molecular weight is 420 g/mol. The molecule has 162 valence electrons. The highest BCUT2D eigenvalue weighted by Crippen LogP contribution is 2.29. The van der Waals surface area contributed by atoms with E-state index < -0.39 is 0 Å². The number of carbonyl (C=O) groups is 1. The maximum Gasteiger partial charge on any atom is 0.333 e. The standard InChI is InChI=1S/C26H29NO4/c1-19(2)26(29)31-16-10-5-4-9-15-30-21-13-14-22-23(20-11-7-6-8-12-20)18-25(28)27(3)24(22)17-21/h6-8,11-14,17-18H,1,4-5,9-10,15-16H2,2-3H3. The molecule has 0 amide bonds. The van der Waals surface area contributed by atoms with Gasteiger partial charge in [0.15, 0.2) is 0 Å². The minimum Gasteiger partial charge on any atom is -0.494 e. The van der Waals surface area contributed by atoms with Gasteiger partial charge in [-0.25, -0.2) is 4.79 Å². The molecule has 5 heteroatoms. The number of unbranched alkanes of at least 4 members (excludes halogenated alkanes) is 3. The van der Waals surface area contributed by atoms with E-state index in [-0.39, 0.29) is 11.5 Å². The van der Waals surface area contributed by atoms with Gasteiger partial charge in [-0.1, -0.05) is 36.9 Å². The molecule has 0 N–H and O–H groups in total. The first kappa shape index (κ1) is 22.3. The molecule has 0 fully saturated rings. The molecule has 0 aliphatic carbocycles. The Morgan fingerprint density at radius 3 is 2.39 bits per heavy atom. The largest absolute Gasteiger partial charge is 0.494 e. The van der Waals surface area contributed by atoms with Crippen LogP contribution in [-0.2, 0) is 16.6 Å². The number of carbonyl (C=O) groups excluding carboxylic acids is 1. The molecule has 31 heavy (non-hydrogen) atoms. The molecule has 1 heterocycles. The summed E-state index contributed by atoms with van der Waals surface area (Å²) in [5.74, 6) is 0.424. The number of pyridine rings is 1. The van der Waals surface area contributed by atoms with E-state index in [1.165, 1.54) is 0 Å². The van der Waals surface area contributed by atoms with Crippen molar-refractivity contribution in [1.29, 1.82) is 0 Å². The van der Waals surface area contributed by atoms with Crippen molar-refractivity contribution in [3.63, 3.8) is 0 Å². The Morgan fingerprint density at radius 2 is 1.68 bits per heavy atom. The molecule has 0 saturated heterocycles. The molecule has 0 bridgehead atoms. The maximum absolute atomic E-state index is 12.5.